The van der Waals surface area contributed by atoms with Gasteiger partial charge in [-0.15, -0.1) is 0 Å². The quantitative estimate of drug-likeness (QED) is 0.149. The van der Waals surface area contributed by atoms with Crippen LogP contribution in [0, 0.1) is 0 Å². The maximum absolute atomic E-state index is 2.47. The van der Waals surface area contributed by atoms with Gasteiger partial charge in [0, 0.05) is 16.9 Å². The van der Waals surface area contributed by atoms with Crippen molar-refractivity contribution in [2.24, 2.45) is 0 Å². The topological polar surface area (TPSA) is 3.24 Å². The van der Waals surface area contributed by atoms with Crippen LogP contribution in [0.5, 0.6) is 0 Å². The molecule has 11 rings (SSSR count). The Kier molecular flexibility index (Phi) is 8.79. The molecule has 0 bridgehead atoms. The third kappa shape index (κ3) is 5.94. The number of hydrogen-bond acceptors (Lipinski definition) is 1. The first-order valence-electron chi connectivity index (χ1n) is 20.8. The molecule has 0 saturated heterocycles. The van der Waals surface area contributed by atoms with Gasteiger partial charge in [-0.3, -0.25) is 0 Å². The second-order valence-electron chi connectivity index (χ2n) is 15.7. The second-order valence-corrected chi connectivity index (χ2v) is 15.7. The number of hydrogen-bond donors (Lipinski definition) is 0. The molecule has 1 nitrogen and oxygen atoms in total. The zero-order valence-electron chi connectivity index (χ0n) is 33.1. The van der Waals surface area contributed by atoms with Crippen molar-refractivity contribution in [3.8, 4) is 44.5 Å². The van der Waals surface area contributed by atoms with Gasteiger partial charge in [-0.1, -0.05) is 212 Å². The number of fused-ring (bicyclic) bond motifs is 4. The van der Waals surface area contributed by atoms with Crippen molar-refractivity contribution < 1.29 is 0 Å². The van der Waals surface area contributed by atoms with E-state index in [1.165, 1.54) is 77.5 Å². The molecule has 0 spiro atoms. The molecule has 0 N–H and O–H groups in total. The zero-order chi connectivity index (χ0) is 39.9. The van der Waals surface area contributed by atoms with Gasteiger partial charge in [-0.2, -0.15) is 0 Å². The van der Waals surface area contributed by atoms with Crippen molar-refractivity contribution >= 4 is 27.8 Å². The highest BCUT2D eigenvalue weighted by Crippen LogP contribution is 2.59. The lowest BCUT2D eigenvalue weighted by Gasteiger charge is -2.34. The Bertz CT molecular complexity index is 3060. The molecule has 0 atom stereocenters. The van der Waals surface area contributed by atoms with Crippen LogP contribution in [0.1, 0.15) is 22.3 Å². The normalized spacial score (nSPS) is 12.5. The Hall–Kier alpha value is -7.74. The lowest BCUT2D eigenvalue weighted by atomic mass is 9.68. The minimum Gasteiger partial charge on any atom is -0.310 e. The second kappa shape index (κ2) is 14.9. The fourth-order valence-corrected chi connectivity index (χ4v) is 9.56. The lowest BCUT2D eigenvalue weighted by Crippen LogP contribution is -2.28. The summed E-state index contributed by atoms with van der Waals surface area (Å²) < 4.78 is 0. The fraction of sp³-hybridized carbons (Fsp3) is 0.0169. The van der Waals surface area contributed by atoms with E-state index in [0.29, 0.717) is 0 Å². The van der Waals surface area contributed by atoms with Gasteiger partial charge in [0.25, 0.3) is 0 Å². The van der Waals surface area contributed by atoms with Crippen LogP contribution >= 0.6 is 0 Å². The molecule has 0 aromatic heterocycles. The molecular formula is C59H41N. The Morgan fingerprint density at radius 1 is 0.283 bits per heavy atom. The average molecular weight is 764 g/mol. The standard InChI is InChI=1S/C59H41N/c1-5-16-42(17-6-1)44-28-30-46(31-29-44)48-33-32-47-36-39-53(41-49(47)40-48)60(52-37-34-45(35-38-52)43-18-7-2-8-19-43)57-27-15-26-56-58(57)54-24-13-14-25-55(54)59(56,50-20-9-3-10-21-50)51-22-11-4-12-23-51/h1-41H. The highest BCUT2D eigenvalue weighted by Gasteiger charge is 2.47. The molecule has 1 heteroatoms. The maximum Gasteiger partial charge on any atom is 0.0714 e. The summed E-state index contributed by atoms with van der Waals surface area (Å²) in [6, 6.07) is 91.0. The molecule has 1 aliphatic rings. The van der Waals surface area contributed by atoms with Gasteiger partial charge in [0.15, 0.2) is 0 Å². The van der Waals surface area contributed by atoms with Crippen molar-refractivity contribution in [2.75, 3.05) is 4.90 Å². The molecule has 0 amide bonds. The molecule has 0 aliphatic heterocycles. The predicted octanol–water partition coefficient (Wildman–Crippen LogP) is 15.7. The van der Waals surface area contributed by atoms with Crippen LogP contribution in [0.3, 0.4) is 0 Å². The van der Waals surface area contributed by atoms with Crippen LogP contribution in [0.25, 0.3) is 55.3 Å². The molecule has 1 aliphatic carbocycles. The molecular weight excluding hydrogens is 723 g/mol. The van der Waals surface area contributed by atoms with Gasteiger partial charge in [-0.25, -0.2) is 0 Å². The molecule has 10 aromatic rings. The molecule has 0 heterocycles. The predicted molar refractivity (Wildman–Crippen MR) is 252 cm³/mol. The monoisotopic (exact) mass is 763 g/mol. The average Bonchev–Trinajstić information content (AvgIpc) is 3.64. The Balaban J connectivity index is 1.11. The first-order valence-corrected chi connectivity index (χ1v) is 20.8. The third-order valence-electron chi connectivity index (χ3n) is 12.3. The summed E-state index contributed by atoms with van der Waals surface area (Å²) in [5.41, 5.74) is 17.7. The van der Waals surface area contributed by atoms with E-state index < -0.39 is 5.41 Å². The Labute approximate surface area is 352 Å². The number of anilines is 3. The van der Waals surface area contributed by atoms with Gasteiger partial charge in [0.2, 0.25) is 0 Å². The molecule has 0 fully saturated rings. The molecule has 0 unspecified atom stereocenters. The fourth-order valence-electron chi connectivity index (χ4n) is 9.56. The maximum atomic E-state index is 2.47. The van der Waals surface area contributed by atoms with Crippen molar-refractivity contribution in [3.63, 3.8) is 0 Å². The van der Waals surface area contributed by atoms with E-state index in [1.807, 2.05) is 0 Å². The van der Waals surface area contributed by atoms with Gasteiger partial charge >= 0.3 is 0 Å². The van der Waals surface area contributed by atoms with Crippen LogP contribution in [0.15, 0.2) is 249 Å². The van der Waals surface area contributed by atoms with E-state index in [-0.39, 0.29) is 0 Å². The van der Waals surface area contributed by atoms with E-state index in [4.69, 9.17) is 0 Å². The Morgan fingerprint density at radius 3 is 1.35 bits per heavy atom. The van der Waals surface area contributed by atoms with Crippen LogP contribution in [0.4, 0.5) is 17.1 Å². The lowest BCUT2D eigenvalue weighted by molar-refractivity contribution is 0.768. The minimum absolute atomic E-state index is 0.498. The van der Waals surface area contributed by atoms with Gasteiger partial charge < -0.3 is 4.90 Å². The molecule has 0 radical (unpaired) electrons. The van der Waals surface area contributed by atoms with Gasteiger partial charge in [0.1, 0.15) is 0 Å². The van der Waals surface area contributed by atoms with Crippen LogP contribution in [0.2, 0.25) is 0 Å². The number of nitrogens with zero attached hydrogens (tertiary/aromatic N) is 1. The largest absolute Gasteiger partial charge is 0.310 e. The smallest absolute Gasteiger partial charge is 0.0714 e. The van der Waals surface area contributed by atoms with Crippen LogP contribution in [-0.2, 0) is 5.41 Å². The highest BCUT2D eigenvalue weighted by molar-refractivity contribution is 5.99. The van der Waals surface area contributed by atoms with E-state index >= 15 is 0 Å². The van der Waals surface area contributed by atoms with Gasteiger partial charge in [0.05, 0.1) is 11.1 Å². The summed E-state index contributed by atoms with van der Waals surface area (Å²) in [7, 11) is 0. The Morgan fingerprint density at radius 2 is 0.733 bits per heavy atom. The number of rotatable bonds is 8. The third-order valence-corrected chi connectivity index (χ3v) is 12.3. The van der Waals surface area contributed by atoms with E-state index in [9.17, 15) is 0 Å². The summed E-state index contributed by atoms with van der Waals surface area (Å²) in [5, 5.41) is 2.40. The molecule has 282 valence electrons. The first-order chi connectivity index (χ1) is 29.8. The van der Waals surface area contributed by atoms with Crippen molar-refractivity contribution in [2.45, 2.75) is 5.41 Å². The van der Waals surface area contributed by atoms with Crippen LogP contribution in [-0.4, -0.2) is 0 Å². The summed E-state index contributed by atoms with van der Waals surface area (Å²) >= 11 is 0. The summed E-state index contributed by atoms with van der Waals surface area (Å²) in [5.74, 6) is 0. The summed E-state index contributed by atoms with van der Waals surface area (Å²) in [6.45, 7) is 0. The van der Waals surface area contributed by atoms with E-state index in [0.717, 1.165) is 17.1 Å². The SMILES string of the molecule is c1ccc(-c2ccc(-c3ccc4ccc(N(c5ccc(-c6ccccc6)cc5)c5cccc6c5-c5ccccc5C6(c5ccccc5)c5ccccc5)cc4c3)cc2)cc1. The van der Waals surface area contributed by atoms with Crippen molar-refractivity contribution in [3.05, 3.63) is 271 Å². The van der Waals surface area contributed by atoms with E-state index in [2.05, 4.69) is 254 Å². The van der Waals surface area contributed by atoms with Crippen molar-refractivity contribution in [1.82, 2.24) is 0 Å². The summed E-state index contributed by atoms with van der Waals surface area (Å²) in [6.07, 6.45) is 0. The minimum atomic E-state index is -0.498. The molecule has 10 aromatic carbocycles. The van der Waals surface area contributed by atoms with Gasteiger partial charge in [-0.05, 0) is 108 Å². The summed E-state index contributed by atoms with van der Waals surface area (Å²) in [4.78, 5) is 2.47. The first kappa shape index (κ1) is 35.4. The molecule has 60 heavy (non-hydrogen) atoms. The molecule has 0 saturated carbocycles. The van der Waals surface area contributed by atoms with Crippen LogP contribution < -0.4 is 4.90 Å². The zero-order valence-corrected chi connectivity index (χ0v) is 33.1. The van der Waals surface area contributed by atoms with E-state index in [1.54, 1.807) is 0 Å². The van der Waals surface area contributed by atoms with Crippen molar-refractivity contribution in [1.29, 1.82) is 0 Å². The highest BCUT2D eigenvalue weighted by atomic mass is 15.1. The number of benzene rings is 10.